The van der Waals surface area contributed by atoms with Gasteiger partial charge in [-0.15, -0.1) is 0 Å². The molecule has 5 heteroatoms. The lowest BCUT2D eigenvalue weighted by Gasteiger charge is -2.27. The molecule has 1 aliphatic rings. The van der Waals surface area contributed by atoms with Crippen LogP contribution in [0.2, 0.25) is 0 Å². The lowest BCUT2D eigenvalue weighted by molar-refractivity contribution is -0.121. The van der Waals surface area contributed by atoms with E-state index in [2.05, 4.69) is 23.7 Å². The number of nitrogens with zero attached hydrogens (tertiary/aromatic N) is 2. The van der Waals surface area contributed by atoms with Crippen LogP contribution in [-0.2, 0) is 4.79 Å². The Morgan fingerprint density at radius 2 is 1.87 bits per heavy atom. The number of hydrogen-bond acceptors (Lipinski definition) is 3. The predicted molar refractivity (Wildman–Crippen MR) is 97.0 cm³/mol. The molecule has 2 rings (SSSR count). The number of hydrogen-bond donors (Lipinski definition) is 1. The first kappa shape index (κ1) is 18.4. The van der Waals surface area contributed by atoms with Crippen LogP contribution in [0.5, 0.6) is 0 Å². The van der Waals surface area contributed by atoms with Gasteiger partial charge in [-0.05, 0) is 54.4 Å². The Morgan fingerprint density at radius 3 is 2.43 bits per heavy atom. The van der Waals surface area contributed by atoms with Gasteiger partial charge >= 0.3 is 0 Å². The lowest BCUT2D eigenvalue weighted by atomic mass is 9.95. The highest BCUT2D eigenvalue weighted by Crippen LogP contribution is 2.35. The largest absolute Gasteiger partial charge is 0.351 e. The summed E-state index contributed by atoms with van der Waals surface area (Å²) in [4.78, 5) is 17.1. The summed E-state index contributed by atoms with van der Waals surface area (Å²) in [5.41, 5.74) is 2.14. The van der Waals surface area contributed by atoms with Crippen molar-refractivity contribution in [2.24, 2.45) is 0 Å². The molecule has 23 heavy (non-hydrogen) atoms. The molecule has 130 valence electrons. The van der Waals surface area contributed by atoms with Gasteiger partial charge < -0.3 is 9.88 Å². The Labute approximate surface area is 144 Å². The van der Waals surface area contributed by atoms with Crippen LogP contribution in [0, 0.1) is 13.8 Å². The number of aryl methyl sites for hydroxylation is 1. The molecule has 1 N–H and O–H groups in total. The summed E-state index contributed by atoms with van der Waals surface area (Å²) in [6.45, 7) is 12.2. The predicted octanol–water partition coefficient (Wildman–Crippen LogP) is 4.40. The first-order valence-electron chi connectivity index (χ1n) is 8.73. The summed E-state index contributed by atoms with van der Waals surface area (Å²) in [7, 11) is 0. The minimum Gasteiger partial charge on any atom is -0.351 e. The van der Waals surface area contributed by atoms with Crippen LogP contribution in [-0.4, -0.2) is 26.2 Å². The van der Waals surface area contributed by atoms with Gasteiger partial charge in [-0.25, -0.2) is 4.98 Å². The lowest BCUT2D eigenvalue weighted by Crippen LogP contribution is -2.44. The van der Waals surface area contributed by atoms with E-state index in [1.54, 1.807) is 11.8 Å². The number of aromatic nitrogens is 2. The van der Waals surface area contributed by atoms with Crippen molar-refractivity contribution >= 4 is 17.7 Å². The Kier molecular flexibility index (Phi) is 5.82. The SMILES string of the molecule is Cc1nc(SC(C)C(=O)NC(C)(C)C)n(C2CCCCC2)c1C. The number of amides is 1. The standard InChI is InChI=1S/C18H31N3OS/c1-12-13(2)21(15-10-8-7-9-11-15)17(19-12)23-14(3)16(22)20-18(4,5)6/h14-15H,7-11H2,1-6H3,(H,20,22). The minimum absolute atomic E-state index is 0.0796. The third-order valence-electron chi connectivity index (χ3n) is 4.44. The average molecular weight is 338 g/mol. The second-order valence-electron chi connectivity index (χ2n) is 7.73. The fourth-order valence-corrected chi connectivity index (χ4v) is 4.20. The Morgan fingerprint density at radius 1 is 1.26 bits per heavy atom. The van der Waals surface area contributed by atoms with Crippen LogP contribution in [0.25, 0.3) is 0 Å². The van der Waals surface area contributed by atoms with Crippen molar-refractivity contribution in [3.05, 3.63) is 11.4 Å². The number of nitrogens with one attached hydrogen (secondary N) is 1. The van der Waals surface area contributed by atoms with Crippen molar-refractivity contribution in [2.75, 3.05) is 0 Å². The number of thioether (sulfide) groups is 1. The zero-order chi connectivity index (χ0) is 17.2. The maximum absolute atomic E-state index is 12.4. The molecule has 1 aliphatic carbocycles. The monoisotopic (exact) mass is 337 g/mol. The third kappa shape index (κ3) is 4.75. The second kappa shape index (κ2) is 7.29. The molecular formula is C18H31N3OS. The fraction of sp³-hybridized carbons (Fsp3) is 0.778. The van der Waals surface area contributed by atoms with Crippen LogP contribution in [0.3, 0.4) is 0 Å². The average Bonchev–Trinajstić information content (AvgIpc) is 2.73. The quantitative estimate of drug-likeness (QED) is 0.828. The minimum atomic E-state index is -0.198. The van der Waals surface area contributed by atoms with Crippen molar-refractivity contribution in [3.63, 3.8) is 0 Å². The first-order valence-corrected chi connectivity index (χ1v) is 9.61. The highest BCUT2D eigenvalue weighted by atomic mass is 32.2. The van der Waals surface area contributed by atoms with Gasteiger partial charge in [-0.2, -0.15) is 0 Å². The number of imidazole rings is 1. The molecule has 1 aromatic heterocycles. The Balaban J connectivity index is 2.16. The zero-order valence-corrected chi connectivity index (χ0v) is 16.2. The van der Waals surface area contributed by atoms with E-state index in [9.17, 15) is 4.79 Å². The summed E-state index contributed by atoms with van der Waals surface area (Å²) in [6.07, 6.45) is 6.40. The van der Waals surface area contributed by atoms with Gasteiger partial charge in [-0.3, -0.25) is 4.79 Å². The molecule has 1 fully saturated rings. The van der Waals surface area contributed by atoms with Crippen LogP contribution >= 0.6 is 11.8 Å². The highest BCUT2D eigenvalue weighted by Gasteiger charge is 2.26. The molecule has 0 aliphatic heterocycles. The first-order chi connectivity index (χ1) is 10.7. The van der Waals surface area contributed by atoms with E-state index in [1.165, 1.54) is 37.8 Å². The van der Waals surface area contributed by atoms with Gasteiger partial charge in [0.25, 0.3) is 0 Å². The molecule has 0 radical (unpaired) electrons. The summed E-state index contributed by atoms with van der Waals surface area (Å²) >= 11 is 1.59. The summed E-state index contributed by atoms with van der Waals surface area (Å²) in [6, 6.07) is 0.547. The molecule has 1 atom stereocenters. The summed E-state index contributed by atoms with van der Waals surface area (Å²) in [5.74, 6) is 0.0796. The smallest absolute Gasteiger partial charge is 0.233 e. The van der Waals surface area contributed by atoms with E-state index in [0.717, 1.165) is 10.9 Å². The van der Waals surface area contributed by atoms with Gasteiger partial charge in [0.1, 0.15) is 0 Å². The van der Waals surface area contributed by atoms with Crippen molar-refractivity contribution in [1.29, 1.82) is 0 Å². The van der Waals surface area contributed by atoms with Crippen LogP contribution in [0.4, 0.5) is 0 Å². The molecule has 1 amide bonds. The van der Waals surface area contributed by atoms with Crippen molar-refractivity contribution < 1.29 is 4.79 Å². The van der Waals surface area contributed by atoms with E-state index < -0.39 is 0 Å². The fourth-order valence-electron chi connectivity index (χ4n) is 3.13. The van der Waals surface area contributed by atoms with Crippen molar-refractivity contribution in [1.82, 2.24) is 14.9 Å². The van der Waals surface area contributed by atoms with Crippen LogP contribution < -0.4 is 5.32 Å². The number of carbonyl (C=O) groups is 1. The van der Waals surface area contributed by atoms with Crippen molar-refractivity contribution in [3.8, 4) is 0 Å². The Bertz CT molecular complexity index is 553. The highest BCUT2D eigenvalue weighted by molar-refractivity contribution is 8.00. The van der Waals surface area contributed by atoms with E-state index in [0.29, 0.717) is 6.04 Å². The maximum Gasteiger partial charge on any atom is 0.233 e. The molecule has 0 spiro atoms. The van der Waals surface area contributed by atoms with Gasteiger partial charge in [-0.1, -0.05) is 31.0 Å². The molecule has 1 heterocycles. The molecule has 1 saturated carbocycles. The van der Waals surface area contributed by atoms with Crippen molar-refractivity contribution in [2.45, 2.75) is 95.6 Å². The molecule has 1 aromatic rings. The van der Waals surface area contributed by atoms with E-state index >= 15 is 0 Å². The Hall–Kier alpha value is -0.970. The molecule has 0 bridgehead atoms. The van der Waals surface area contributed by atoms with Gasteiger partial charge in [0.05, 0.1) is 10.9 Å². The molecular weight excluding hydrogens is 306 g/mol. The maximum atomic E-state index is 12.4. The molecule has 0 aromatic carbocycles. The van der Waals surface area contributed by atoms with E-state index in [-0.39, 0.29) is 16.7 Å². The van der Waals surface area contributed by atoms with Crippen LogP contribution in [0.1, 0.15) is 77.2 Å². The zero-order valence-electron chi connectivity index (χ0n) is 15.4. The van der Waals surface area contributed by atoms with Gasteiger partial charge in [0, 0.05) is 17.3 Å². The molecule has 4 nitrogen and oxygen atoms in total. The molecule has 0 saturated heterocycles. The molecule has 1 unspecified atom stereocenters. The van der Waals surface area contributed by atoms with E-state index in [4.69, 9.17) is 4.98 Å². The van der Waals surface area contributed by atoms with Gasteiger partial charge in [0.2, 0.25) is 5.91 Å². The van der Waals surface area contributed by atoms with Gasteiger partial charge in [0.15, 0.2) is 5.16 Å². The van der Waals surface area contributed by atoms with Crippen LogP contribution in [0.15, 0.2) is 5.16 Å². The number of carbonyl (C=O) groups excluding carboxylic acids is 1. The topological polar surface area (TPSA) is 46.9 Å². The second-order valence-corrected chi connectivity index (χ2v) is 9.03. The summed E-state index contributed by atoms with van der Waals surface area (Å²) in [5, 5.41) is 3.93. The summed E-state index contributed by atoms with van der Waals surface area (Å²) < 4.78 is 2.39. The van der Waals surface area contributed by atoms with E-state index in [1.807, 2.05) is 27.7 Å². The normalized spacial score (nSPS) is 18.0. The third-order valence-corrected chi connectivity index (χ3v) is 5.51. The number of rotatable bonds is 4.